The predicted octanol–water partition coefficient (Wildman–Crippen LogP) is 2.31. The molecule has 3 nitrogen and oxygen atoms in total. The van der Waals surface area contributed by atoms with Crippen molar-refractivity contribution in [3.63, 3.8) is 0 Å². The summed E-state index contributed by atoms with van der Waals surface area (Å²) in [6.45, 7) is 4.24. The van der Waals surface area contributed by atoms with Gasteiger partial charge in [0.1, 0.15) is 5.60 Å². The van der Waals surface area contributed by atoms with E-state index in [1.165, 1.54) is 12.8 Å². The number of hydrogen-bond acceptors (Lipinski definition) is 2. The highest BCUT2D eigenvalue weighted by Gasteiger charge is 2.40. The summed E-state index contributed by atoms with van der Waals surface area (Å²) in [5, 5.41) is 2.51. The lowest BCUT2D eigenvalue weighted by Gasteiger charge is -2.32. The molecule has 0 unspecified atom stereocenters. The van der Waals surface area contributed by atoms with Crippen LogP contribution in [-0.2, 0) is 4.74 Å². The molecule has 1 saturated carbocycles. The maximum absolute atomic E-state index is 11.1. The lowest BCUT2D eigenvalue weighted by Crippen LogP contribution is -2.40. The van der Waals surface area contributed by atoms with Crippen LogP contribution in [0.2, 0.25) is 0 Å². The molecule has 0 aromatic heterocycles. The quantitative estimate of drug-likeness (QED) is 0.717. The number of carbonyl (C=O) groups excluding carboxylic acids is 1. The maximum atomic E-state index is 11.1. The van der Waals surface area contributed by atoms with Crippen molar-refractivity contribution in [3.8, 4) is 0 Å². The van der Waals surface area contributed by atoms with Gasteiger partial charge in [-0.2, -0.15) is 0 Å². The standard InChI is InChI=1S/C10H19NO2/c1-8(2)10(6-4-5-7-10)13-9(12)11-3/h8H,4-7H2,1-3H3,(H,11,12). The first-order valence-corrected chi connectivity index (χ1v) is 5.01. The molecule has 1 N–H and O–H groups in total. The van der Waals surface area contributed by atoms with E-state index in [-0.39, 0.29) is 11.7 Å². The first kappa shape index (κ1) is 10.4. The Kier molecular flexibility index (Phi) is 3.17. The number of carbonyl (C=O) groups is 1. The molecule has 76 valence electrons. The molecular formula is C10H19NO2. The smallest absolute Gasteiger partial charge is 0.407 e. The van der Waals surface area contributed by atoms with E-state index in [1.54, 1.807) is 7.05 Å². The number of alkyl carbamates (subject to hydrolysis) is 1. The van der Waals surface area contributed by atoms with Gasteiger partial charge in [-0.1, -0.05) is 13.8 Å². The van der Waals surface area contributed by atoms with E-state index in [2.05, 4.69) is 19.2 Å². The van der Waals surface area contributed by atoms with Crippen LogP contribution in [0.1, 0.15) is 39.5 Å². The summed E-state index contributed by atoms with van der Waals surface area (Å²) >= 11 is 0. The molecule has 1 aliphatic rings. The molecule has 1 fully saturated rings. The third kappa shape index (κ3) is 2.14. The Balaban J connectivity index is 2.62. The summed E-state index contributed by atoms with van der Waals surface area (Å²) in [7, 11) is 1.60. The fraction of sp³-hybridized carbons (Fsp3) is 0.900. The van der Waals surface area contributed by atoms with Gasteiger partial charge < -0.3 is 10.1 Å². The monoisotopic (exact) mass is 185 g/mol. The minimum atomic E-state index is -0.296. The summed E-state index contributed by atoms with van der Waals surface area (Å²) in [6.07, 6.45) is 4.08. The van der Waals surface area contributed by atoms with Crippen LogP contribution in [-0.4, -0.2) is 18.7 Å². The Bertz CT molecular complexity index is 183. The average Bonchev–Trinajstić information content (AvgIpc) is 2.54. The third-order valence-electron chi connectivity index (χ3n) is 3.00. The normalized spacial score (nSPS) is 20.3. The Hall–Kier alpha value is -0.730. The zero-order valence-corrected chi connectivity index (χ0v) is 8.72. The van der Waals surface area contributed by atoms with Crippen molar-refractivity contribution in [2.24, 2.45) is 5.92 Å². The highest BCUT2D eigenvalue weighted by atomic mass is 16.6. The molecule has 0 atom stereocenters. The molecule has 0 aliphatic heterocycles. The van der Waals surface area contributed by atoms with Crippen molar-refractivity contribution in [3.05, 3.63) is 0 Å². The van der Waals surface area contributed by atoms with Gasteiger partial charge in [-0.15, -0.1) is 0 Å². The van der Waals surface area contributed by atoms with Gasteiger partial charge in [0, 0.05) is 7.05 Å². The first-order chi connectivity index (χ1) is 6.10. The van der Waals surface area contributed by atoms with Crippen molar-refractivity contribution in [2.45, 2.75) is 45.1 Å². The van der Waals surface area contributed by atoms with Gasteiger partial charge in [0.2, 0.25) is 0 Å². The molecule has 0 aromatic carbocycles. The van der Waals surface area contributed by atoms with Gasteiger partial charge >= 0.3 is 6.09 Å². The van der Waals surface area contributed by atoms with Crippen molar-refractivity contribution >= 4 is 6.09 Å². The fourth-order valence-electron chi connectivity index (χ4n) is 2.01. The topological polar surface area (TPSA) is 38.3 Å². The SMILES string of the molecule is CNC(=O)OC1(C(C)C)CCCC1. The number of rotatable bonds is 2. The van der Waals surface area contributed by atoms with Crippen molar-refractivity contribution in [1.29, 1.82) is 0 Å². The van der Waals surface area contributed by atoms with Crippen LogP contribution in [0.3, 0.4) is 0 Å². The van der Waals surface area contributed by atoms with Crippen LogP contribution in [0, 0.1) is 5.92 Å². The van der Waals surface area contributed by atoms with Crippen LogP contribution < -0.4 is 5.32 Å². The molecule has 0 bridgehead atoms. The molecule has 0 spiro atoms. The van der Waals surface area contributed by atoms with Crippen LogP contribution in [0.4, 0.5) is 4.79 Å². The molecule has 0 aromatic rings. The molecule has 0 heterocycles. The Morgan fingerprint density at radius 1 is 1.38 bits per heavy atom. The summed E-state index contributed by atoms with van der Waals surface area (Å²) < 4.78 is 5.46. The lowest BCUT2D eigenvalue weighted by molar-refractivity contribution is -0.0179. The molecule has 1 aliphatic carbocycles. The van der Waals surface area contributed by atoms with E-state index in [0.717, 1.165) is 12.8 Å². The minimum Gasteiger partial charge on any atom is -0.443 e. The number of amides is 1. The zero-order valence-electron chi connectivity index (χ0n) is 8.72. The van der Waals surface area contributed by atoms with Crippen molar-refractivity contribution < 1.29 is 9.53 Å². The number of nitrogens with one attached hydrogen (secondary N) is 1. The van der Waals surface area contributed by atoms with E-state index >= 15 is 0 Å². The minimum absolute atomic E-state index is 0.194. The Morgan fingerprint density at radius 3 is 2.31 bits per heavy atom. The van der Waals surface area contributed by atoms with Gasteiger partial charge in [-0.25, -0.2) is 4.79 Å². The second kappa shape index (κ2) is 3.99. The molecule has 13 heavy (non-hydrogen) atoms. The highest BCUT2D eigenvalue weighted by Crippen LogP contribution is 2.39. The Labute approximate surface area is 79.8 Å². The number of ether oxygens (including phenoxy) is 1. The Morgan fingerprint density at radius 2 is 1.92 bits per heavy atom. The largest absolute Gasteiger partial charge is 0.443 e. The van der Waals surface area contributed by atoms with E-state index < -0.39 is 0 Å². The second-order valence-corrected chi connectivity index (χ2v) is 4.07. The van der Waals surface area contributed by atoms with E-state index in [9.17, 15) is 4.79 Å². The highest BCUT2D eigenvalue weighted by molar-refractivity contribution is 5.67. The molecule has 0 radical (unpaired) electrons. The van der Waals surface area contributed by atoms with Crippen molar-refractivity contribution in [1.82, 2.24) is 5.32 Å². The molecule has 1 amide bonds. The molecule has 3 heteroatoms. The van der Waals surface area contributed by atoms with Crippen LogP contribution >= 0.6 is 0 Å². The van der Waals surface area contributed by atoms with Gasteiger partial charge in [0.25, 0.3) is 0 Å². The fourth-order valence-corrected chi connectivity index (χ4v) is 2.01. The first-order valence-electron chi connectivity index (χ1n) is 5.01. The predicted molar refractivity (Wildman–Crippen MR) is 51.6 cm³/mol. The van der Waals surface area contributed by atoms with Gasteiger partial charge in [0.15, 0.2) is 0 Å². The maximum Gasteiger partial charge on any atom is 0.407 e. The van der Waals surface area contributed by atoms with Crippen molar-refractivity contribution in [2.75, 3.05) is 7.05 Å². The lowest BCUT2D eigenvalue weighted by atomic mass is 9.88. The van der Waals surface area contributed by atoms with Crippen LogP contribution in [0.15, 0.2) is 0 Å². The second-order valence-electron chi connectivity index (χ2n) is 4.07. The van der Waals surface area contributed by atoms with E-state index in [0.29, 0.717) is 5.92 Å². The summed E-state index contributed by atoms with van der Waals surface area (Å²) in [5.41, 5.74) is -0.194. The van der Waals surface area contributed by atoms with Gasteiger partial charge in [-0.3, -0.25) is 0 Å². The summed E-state index contributed by atoms with van der Waals surface area (Å²) in [6, 6.07) is 0. The average molecular weight is 185 g/mol. The molecule has 1 rings (SSSR count). The van der Waals surface area contributed by atoms with E-state index in [4.69, 9.17) is 4.74 Å². The third-order valence-corrected chi connectivity index (χ3v) is 3.00. The number of hydrogen-bond donors (Lipinski definition) is 1. The molecule has 0 saturated heterocycles. The molecular weight excluding hydrogens is 166 g/mol. The van der Waals surface area contributed by atoms with Crippen LogP contribution in [0.25, 0.3) is 0 Å². The summed E-state index contributed by atoms with van der Waals surface area (Å²) in [4.78, 5) is 11.1. The summed E-state index contributed by atoms with van der Waals surface area (Å²) in [5.74, 6) is 0.410. The van der Waals surface area contributed by atoms with E-state index in [1.807, 2.05) is 0 Å². The van der Waals surface area contributed by atoms with Gasteiger partial charge in [0.05, 0.1) is 0 Å². The van der Waals surface area contributed by atoms with Gasteiger partial charge in [-0.05, 0) is 31.6 Å². The zero-order chi connectivity index (χ0) is 9.90. The van der Waals surface area contributed by atoms with Crippen LogP contribution in [0.5, 0.6) is 0 Å².